The number of alkyl halides is 1. The maximum Gasteiger partial charge on any atom is 0.211 e. The highest BCUT2D eigenvalue weighted by atomic mass is 79.9. The van der Waals surface area contributed by atoms with Crippen molar-refractivity contribution in [2.24, 2.45) is 5.92 Å². The Hall–Kier alpha value is 0.350. The second kappa shape index (κ2) is 6.18. The van der Waals surface area contributed by atoms with Crippen molar-refractivity contribution in [3.63, 3.8) is 0 Å². The van der Waals surface area contributed by atoms with Crippen molar-refractivity contribution >= 4 is 26.0 Å². The van der Waals surface area contributed by atoms with Gasteiger partial charge in [0.2, 0.25) is 10.0 Å². The molecule has 0 spiro atoms. The molecule has 1 fully saturated rings. The van der Waals surface area contributed by atoms with Crippen LogP contribution in [0.1, 0.15) is 19.3 Å². The second-order valence-corrected chi connectivity index (χ2v) is 6.97. The number of ether oxygens (including phenoxy) is 1. The molecule has 1 aliphatic carbocycles. The molecule has 0 aromatic heterocycles. The Bertz CT molecular complexity index is 277. The zero-order chi connectivity index (χ0) is 11.3. The van der Waals surface area contributed by atoms with Crippen molar-refractivity contribution in [1.82, 2.24) is 4.72 Å². The van der Waals surface area contributed by atoms with Crippen LogP contribution in [0.15, 0.2) is 0 Å². The number of methoxy groups -OCH3 is 1. The van der Waals surface area contributed by atoms with Crippen LogP contribution in [0.4, 0.5) is 0 Å². The number of hydrogen-bond acceptors (Lipinski definition) is 3. The number of nitrogens with one attached hydrogen (secondary N) is 1. The predicted octanol–water partition coefficient (Wildman–Crippen LogP) is 1.12. The third-order valence-corrected chi connectivity index (χ3v) is 4.90. The van der Waals surface area contributed by atoms with Crippen LogP contribution in [0.2, 0.25) is 0 Å². The monoisotopic (exact) mass is 299 g/mol. The van der Waals surface area contributed by atoms with Gasteiger partial charge in [0.05, 0.1) is 5.75 Å². The minimum Gasteiger partial charge on any atom is -0.385 e. The lowest BCUT2D eigenvalue weighted by molar-refractivity contribution is 0.199. The minimum absolute atomic E-state index is 0.144. The van der Waals surface area contributed by atoms with Crippen LogP contribution in [0.25, 0.3) is 0 Å². The average Bonchev–Trinajstić information content (AvgIpc) is 2.98. The molecule has 1 atom stereocenters. The fourth-order valence-corrected chi connectivity index (χ4v) is 3.28. The first kappa shape index (κ1) is 13.4. The van der Waals surface area contributed by atoms with E-state index in [0.717, 1.165) is 0 Å². The van der Waals surface area contributed by atoms with Crippen LogP contribution >= 0.6 is 15.9 Å². The van der Waals surface area contributed by atoms with Gasteiger partial charge in [-0.15, -0.1) is 0 Å². The highest BCUT2D eigenvalue weighted by Crippen LogP contribution is 2.36. The summed E-state index contributed by atoms with van der Waals surface area (Å²) in [6.45, 7) is 0.987. The molecular formula is C9H18BrNO3S. The van der Waals surface area contributed by atoms with Gasteiger partial charge < -0.3 is 4.74 Å². The van der Waals surface area contributed by atoms with E-state index in [-0.39, 0.29) is 10.6 Å². The van der Waals surface area contributed by atoms with Crippen LogP contribution < -0.4 is 4.72 Å². The molecule has 0 aromatic carbocycles. The molecule has 0 saturated heterocycles. The Morgan fingerprint density at radius 2 is 2.20 bits per heavy atom. The molecule has 0 aliphatic heterocycles. The third kappa shape index (κ3) is 5.85. The van der Waals surface area contributed by atoms with Crippen molar-refractivity contribution < 1.29 is 13.2 Å². The summed E-state index contributed by atoms with van der Waals surface area (Å²) in [6.07, 6.45) is 2.96. The molecule has 90 valence electrons. The van der Waals surface area contributed by atoms with Crippen LogP contribution in [-0.2, 0) is 14.8 Å². The van der Waals surface area contributed by atoms with Gasteiger partial charge in [0, 0.05) is 25.1 Å². The first-order chi connectivity index (χ1) is 7.05. The Kier molecular flexibility index (Phi) is 5.52. The Balaban J connectivity index is 2.16. The third-order valence-electron chi connectivity index (χ3n) is 2.39. The van der Waals surface area contributed by atoms with E-state index in [4.69, 9.17) is 4.74 Å². The highest BCUT2D eigenvalue weighted by molar-refractivity contribution is 9.09. The maximum atomic E-state index is 11.5. The fraction of sp³-hybridized carbons (Fsp3) is 1.00. The summed E-state index contributed by atoms with van der Waals surface area (Å²) < 4.78 is 30.3. The smallest absolute Gasteiger partial charge is 0.211 e. The summed E-state index contributed by atoms with van der Waals surface area (Å²) in [5.74, 6) is 0.803. The van der Waals surface area contributed by atoms with Crippen molar-refractivity contribution in [3.05, 3.63) is 0 Å². The molecule has 4 nitrogen and oxygen atoms in total. The molecule has 1 unspecified atom stereocenters. The summed E-state index contributed by atoms with van der Waals surface area (Å²) >= 11 is 3.49. The van der Waals surface area contributed by atoms with Gasteiger partial charge in [0.25, 0.3) is 0 Å². The van der Waals surface area contributed by atoms with E-state index < -0.39 is 10.0 Å². The maximum absolute atomic E-state index is 11.5. The summed E-state index contributed by atoms with van der Waals surface area (Å²) in [6, 6.07) is 0. The normalized spacial score (nSPS) is 19.1. The quantitative estimate of drug-likeness (QED) is 0.540. The average molecular weight is 300 g/mol. The zero-order valence-corrected chi connectivity index (χ0v) is 11.3. The Morgan fingerprint density at radius 1 is 1.53 bits per heavy atom. The molecule has 15 heavy (non-hydrogen) atoms. The second-order valence-electron chi connectivity index (χ2n) is 3.87. The van der Waals surface area contributed by atoms with Gasteiger partial charge in [-0.25, -0.2) is 13.1 Å². The Morgan fingerprint density at radius 3 is 2.73 bits per heavy atom. The molecule has 6 heteroatoms. The zero-order valence-electron chi connectivity index (χ0n) is 8.91. The summed E-state index contributed by atoms with van der Waals surface area (Å²) in [5, 5.41) is 0. The number of sulfonamides is 1. The number of halogens is 1. The van der Waals surface area contributed by atoms with Gasteiger partial charge in [0.1, 0.15) is 0 Å². The molecule has 1 aliphatic rings. The molecule has 0 aromatic rings. The molecule has 0 amide bonds. The van der Waals surface area contributed by atoms with Crippen LogP contribution in [0.5, 0.6) is 0 Å². The van der Waals surface area contributed by atoms with E-state index in [1.165, 1.54) is 12.8 Å². The number of rotatable bonds is 8. The topological polar surface area (TPSA) is 55.4 Å². The Labute approximate surface area is 99.9 Å². The SMILES string of the molecule is COCCCS(=O)(=O)NCC(Br)C1CC1. The van der Waals surface area contributed by atoms with Crippen molar-refractivity contribution in [1.29, 1.82) is 0 Å². The van der Waals surface area contributed by atoms with Crippen molar-refractivity contribution in [3.8, 4) is 0 Å². The van der Waals surface area contributed by atoms with Crippen LogP contribution in [0.3, 0.4) is 0 Å². The lowest BCUT2D eigenvalue weighted by Crippen LogP contribution is -2.32. The van der Waals surface area contributed by atoms with Gasteiger partial charge in [0.15, 0.2) is 0 Å². The van der Waals surface area contributed by atoms with E-state index in [0.29, 0.717) is 25.5 Å². The first-order valence-corrected chi connectivity index (χ1v) is 7.72. The van der Waals surface area contributed by atoms with Gasteiger partial charge in [-0.05, 0) is 25.2 Å². The van der Waals surface area contributed by atoms with E-state index in [9.17, 15) is 8.42 Å². The molecule has 0 heterocycles. The van der Waals surface area contributed by atoms with Crippen LogP contribution in [-0.4, -0.2) is 39.3 Å². The molecule has 1 N–H and O–H groups in total. The van der Waals surface area contributed by atoms with E-state index in [2.05, 4.69) is 20.7 Å². The van der Waals surface area contributed by atoms with Gasteiger partial charge in [-0.2, -0.15) is 0 Å². The summed E-state index contributed by atoms with van der Waals surface area (Å²) in [7, 11) is -1.54. The summed E-state index contributed by atoms with van der Waals surface area (Å²) in [5.41, 5.74) is 0. The van der Waals surface area contributed by atoms with Gasteiger partial charge >= 0.3 is 0 Å². The standard InChI is InChI=1S/C9H18BrNO3S/c1-14-5-2-6-15(12,13)11-7-9(10)8-3-4-8/h8-9,11H,2-7H2,1H3. The van der Waals surface area contributed by atoms with E-state index in [1.807, 2.05) is 0 Å². The molecular weight excluding hydrogens is 282 g/mol. The highest BCUT2D eigenvalue weighted by Gasteiger charge is 2.29. The predicted molar refractivity (Wildman–Crippen MR) is 63.7 cm³/mol. The minimum atomic E-state index is -3.11. The first-order valence-electron chi connectivity index (χ1n) is 5.15. The number of hydrogen-bond donors (Lipinski definition) is 1. The summed E-state index contributed by atoms with van der Waals surface area (Å²) in [4.78, 5) is 0.287. The van der Waals surface area contributed by atoms with E-state index >= 15 is 0 Å². The van der Waals surface area contributed by atoms with Gasteiger partial charge in [-0.3, -0.25) is 0 Å². The molecule has 1 saturated carbocycles. The molecule has 1 rings (SSSR count). The fourth-order valence-electron chi connectivity index (χ4n) is 1.30. The van der Waals surface area contributed by atoms with Crippen molar-refractivity contribution in [2.45, 2.75) is 24.1 Å². The van der Waals surface area contributed by atoms with Crippen LogP contribution in [0, 0.1) is 5.92 Å². The van der Waals surface area contributed by atoms with E-state index in [1.54, 1.807) is 7.11 Å². The van der Waals surface area contributed by atoms with Gasteiger partial charge in [-0.1, -0.05) is 15.9 Å². The lowest BCUT2D eigenvalue weighted by Gasteiger charge is -2.10. The lowest BCUT2D eigenvalue weighted by atomic mass is 10.3. The van der Waals surface area contributed by atoms with Crippen molar-refractivity contribution in [2.75, 3.05) is 26.0 Å². The largest absolute Gasteiger partial charge is 0.385 e. The molecule has 0 radical (unpaired) electrons. The molecule has 0 bridgehead atoms.